The lowest BCUT2D eigenvalue weighted by molar-refractivity contribution is -0.118. The van der Waals surface area contributed by atoms with Crippen molar-refractivity contribution >= 4 is 35.0 Å². The zero-order chi connectivity index (χ0) is 18.0. The summed E-state index contributed by atoms with van der Waals surface area (Å²) in [5, 5.41) is 3.26. The minimum atomic E-state index is -0.516. The first-order valence-electron chi connectivity index (χ1n) is 8.84. The topological polar surface area (TPSA) is 29.1 Å². The molecular weight excluding hydrogens is 358 g/mol. The van der Waals surface area contributed by atoms with E-state index in [1.54, 1.807) is 0 Å². The first-order chi connectivity index (χ1) is 12.7. The molecule has 4 rings (SSSR count). The first-order valence-corrected chi connectivity index (χ1v) is 10.8. The van der Waals surface area contributed by atoms with Crippen molar-refractivity contribution in [1.29, 1.82) is 0 Å². The SMILES string of the molecule is CC1(c2ccccc2)C=C(c2ccccc2)C(=C2SCCCS2)C(=O)N1. The Labute approximate surface area is 163 Å². The lowest BCUT2D eigenvalue weighted by Crippen LogP contribution is -2.46. The van der Waals surface area contributed by atoms with Gasteiger partial charge in [-0.2, -0.15) is 0 Å². The van der Waals surface area contributed by atoms with Crippen molar-refractivity contribution in [2.75, 3.05) is 11.5 Å². The van der Waals surface area contributed by atoms with E-state index in [-0.39, 0.29) is 5.91 Å². The Morgan fingerprint density at radius 2 is 1.54 bits per heavy atom. The van der Waals surface area contributed by atoms with Crippen LogP contribution < -0.4 is 5.32 Å². The molecule has 1 atom stereocenters. The molecule has 1 unspecified atom stereocenters. The maximum atomic E-state index is 13.2. The second-order valence-corrected chi connectivity index (χ2v) is 9.13. The van der Waals surface area contributed by atoms with Crippen molar-refractivity contribution in [1.82, 2.24) is 5.32 Å². The molecule has 0 bridgehead atoms. The van der Waals surface area contributed by atoms with Gasteiger partial charge in [0, 0.05) is 0 Å². The van der Waals surface area contributed by atoms with Crippen LogP contribution in [0.2, 0.25) is 0 Å². The average Bonchev–Trinajstić information content (AvgIpc) is 2.69. The van der Waals surface area contributed by atoms with E-state index in [0.29, 0.717) is 0 Å². The molecule has 1 N–H and O–H groups in total. The Balaban J connectivity index is 1.89. The maximum Gasteiger partial charge on any atom is 0.254 e. The molecule has 2 aromatic carbocycles. The van der Waals surface area contributed by atoms with E-state index in [1.807, 2.05) is 59.9 Å². The summed E-state index contributed by atoms with van der Waals surface area (Å²) in [7, 11) is 0. The van der Waals surface area contributed by atoms with Crippen LogP contribution in [0.15, 0.2) is 76.5 Å². The van der Waals surface area contributed by atoms with Crippen LogP contribution in [-0.4, -0.2) is 17.4 Å². The minimum absolute atomic E-state index is 0.0228. The Morgan fingerprint density at radius 3 is 2.19 bits per heavy atom. The molecule has 1 fully saturated rings. The highest BCUT2D eigenvalue weighted by Gasteiger charge is 2.36. The smallest absolute Gasteiger partial charge is 0.254 e. The van der Waals surface area contributed by atoms with E-state index >= 15 is 0 Å². The molecule has 0 aromatic heterocycles. The van der Waals surface area contributed by atoms with Crippen LogP contribution in [0.3, 0.4) is 0 Å². The predicted octanol–water partition coefficient (Wildman–Crippen LogP) is 5.20. The molecule has 2 nitrogen and oxygen atoms in total. The van der Waals surface area contributed by atoms with Crippen LogP contribution in [0.1, 0.15) is 24.5 Å². The van der Waals surface area contributed by atoms with E-state index in [4.69, 9.17) is 0 Å². The standard InChI is InChI=1S/C22H21NOS2/c1-22(17-11-6-3-7-12-17)15-18(16-9-4-2-5-10-16)19(20(24)23-22)21-25-13-8-14-26-21/h2-7,9-12,15H,8,13-14H2,1H3,(H,23,24). The zero-order valence-electron chi connectivity index (χ0n) is 14.7. The molecule has 2 aliphatic heterocycles. The van der Waals surface area contributed by atoms with Crippen molar-refractivity contribution in [3.05, 3.63) is 87.7 Å². The van der Waals surface area contributed by atoms with Gasteiger partial charge in [0.25, 0.3) is 5.91 Å². The van der Waals surface area contributed by atoms with Crippen LogP contribution in [0.4, 0.5) is 0 Å². The lowest BCUT2D eigenvalue weighted by atomic mass is 9.82. The third-order valence-electron chi connectivity index (χ3n) is 4.72. The second-order valence-electron chi connectivity index (χ2n) is 6.66. The Kier molecular flexibility index (Phi) is 4.96. The molecule has 1 saturated heterocycles. The summed E-state index contributed by atoms with van der Waals surface area (Å²) in [6.07, 6.45) is 3.41. The Hall–Kier alpha value is -1.91. The van der Waals surface area contributed by atoms with Crippen molar-refractivity contribution in [3.8, 4) is 0 Å². The fraction of sp³-hybridized carbons (Fsp3) is 0.227. The fourth-order valence-electron chi connectivity index (χ4n) is 3.38. The van der Waals surface area contributed by atoms with Gasteiger partial charge in [-0.1, -0.05) is 60.7 Å². The van der Waals surface area contributed by atoms with Crippen molar-refractivity contribution < 1.29 is 4.79 Å². The second kappa shape index (κ2) is 7.37. The van der Waals surface area contributed by atoms with Gasteiger partial charge in [-0.3, -0.25) is 4.79 Å². The number of hydrogen-bond acceptors (Lipinski definition) is 3. The third kappa shape index (κ3) is 3.36. The molecular formula is C22H21NOS2. The van der Waals surface area contributed by atoms with E-state index in [2.05, 4.69) is 42.6 Å². The third-order valence-corrected chi connectivity index (χ3v) is 7.35. The van der Waals surface area contributed by atoms with Crippen LogP contribution in [0, 0.1) is 0 Å². The van der Waals surface area contributed by atoms with Gasteiger partial charge in [0.1, 0.15) is 0 Å². The zero-order valence-corrected chi connectivity index (χ0v) is 16.3. The molecule has 0 spiro atoms. The number of benzene rings is 2. The maximum absolute atomic E-state index is 13.2. The van der Waals surface area contributed by atoms with Gasteiger partial charge in [-0.25, -0.2) is 0 Å². The van der Waals surface area contributed by atoms with E-state index < -0.39 is 5.54 Å². The van der Waals surface area contributed by atoms with Gasteiger partial charge in [-0.15, -0.1) is 23.5 Å². The predicted molar refractivity (Wildman–Crippen MR) is 113 cm³/mol. The van der Waals surface area contributed by atoms with Crippen LogP contribution in [-0.2, 0) is 10.3 Å². The summed E-state index contributed by atoms with van der Waals surface area (Å²) in [5.41, 5.74) is 3.54. The van der Waals surface area contributed by atoms with Gasteiger partial charge < -0.3 is 5.32 Å². The van der Waals surface area contributed by atoms with Crippen LogP contribution >= 0.6 is 23.5 Å². The summed E-state index contributed by atoms with van der Waals surface area (Å²) in [5.74, 6) is 2.18. The van der Waals surface area contributed by atoms with Gasteiger partial charge >= 0.3 is 0 Å². The molecule has 132 valence electrons. The summed E-state index contributed by atoms with van der Waals surface area (Å²) in [6.45, 7) is 2.08. The average molecular weight is 380 g/mol. The molecule has 0 aliphatic carbocycles. The highest BCUT2D eigenvalue weighted by atomic mass is 32.2. The quantitative estimate of drug-likeness (QED) is 0.728. The van der Waals surface area contributed by atoms with Gasteiger partial charge in [0.2, 0.25) is 0 Å². The van der Waals surface area contributed by atoms with Crippen molar-refractivity contribution in [2.45, 2.75) is 18.9 Å². The molecule has 26 heavy (non-hydrogen) atoms. The largest absolute Gasteiger partial charge is 0.339 e. The highest BCUT2D eigenvalue weighted by molar-refractivity contribution is 8.22. The molecule has 0 saturated carbocycles. The molecule has 0 radical (unpaired) electrons. The molecule has 2 heterocycles. The number of rotatable bonds is 2. The molecule has 2 aromatic rings. The Bertz CT molecular complexity index is 866. The van der Waals surface area contributed by atoms with Crippen molar-refractivity contribution in [2.24, 2.45) is 0 Å². The van der Waals surface area contributed by atoms with Crippen molar-refractivity contribution in [3.63, 3.8) is 0 Å². The van der Waals surface area contributed by atoms with E-state index in [1.165, 1.54) is 6.42 Å². The number of amides is 1. The lowest BCUT2D eigenvalue weighted by Gasteiger charge is -2.35. The summed E-state index contributed by atoms with van der Waals surface area (Å²) in [6, 6.07) is 20.4. The van der Waals surface area contributed by atoms with Gasteiger partial charge in [-0.05, 0) is 47.6 Å². The van der Waals surface area contributed by atoms with Gasteiger partial charge in [0.05, 0.1) is 15.3 Å². The first kappa shape index (κ1) is 17.5. The fourth-order valence-corrected chi connectivity index (χ4v) is 6.04. The molecule has 2 aliphatic rings. The summed E-state index contributed by atoms with van der Waals surface area (Å²) >= 11 is 3.62. The van der Waals surface area contributed by atoms with E-state index in [9.17, 15) is 4.79 Å². The monoisotopic (exact) mass is 379 g/mol. The number of hydrogen-bond donors (Lipinski definition) is 1. The number of nitrogens with one attached hydrogen (secondary N) is 1. The molecule has 4 heteroatoms. The Morgan fingerprint density at radius 1 is 0.923 bits per heavy atom. The van der Waals surface area contributed by atoms with Crippen LogP contribution in [0.25, 0.3) is 5.57 Å². The number of thioether (sulfide) groups is 2. The number of carbonyl (C=O) groups excluding carboxylic acids is 1. The summed E-state index contributed by atoms with van der Waals surface area (Å²) < 4.78 is 1.15. The summed E-state index contributed by atoms with van der Waals surface area (Å²) in [4.78, 5) is 13.2. The number of carbonyl (C=O) groups is 1. The normalized spacial score (nSPS) is 23.4. The molecule has 1 amide bonds. The van der Waals surface area contributed by atoms with E-state index in [0.717, 1.165) is 38.0 Å². The highest BCUT2D eigenvalue weighted by Crippen LogP contribution is 2.44. The van der Waals surface area contributed by atoms with Gasteiger partial charge in [0.15, 0.2) is 0 Å². The minimum Gasteiger partial charge on any atom is -0.339 e. The van der Waals surface area contributed by atoms with Crippen LogP contribution in [0.5, 0.6) is 0 Å².